The number of hydrogen-bond donors (Lipinski definition) is 1. The lowest BCUT2D eigenvalue weighted by molar-refractivity contribution is 1.27. The Kier molecular flexibility index (Phi) is 2.30. The van der Waals surface area contributed by atoms with Crippen LogP contribution in [0.3, 0.4) is 0 Å². The fourth-order valence-corrected chi connectivity index (χ4v) is 0.758. The molecule has 0 aliphatic rings. The fourth-order valence-electron chi connectivity index (χ4n) is 0.524. The Morgan fingerprint density at radius 3 is 2.80 bits per heavy atom. The Morgan fingerprint density at radius 1 is 1.50 bits per heavy atom. The second kappa shape index (κ2) is 3.23. The highest BCUT2D eigenvalue weighted by Gasteiger charge is 1.86. The number of rotatable bonds is 0. The monoisotopic (exact) mass is 196 g/mol. The summed E-state index contributed by atoms with van der Waals surface area (Å²) in [6, 6.07) is 5.94. The van der Waals surface area contributed by atoms with Crippen molar-refractivity contribution < 1.29 is 0 Å². The van der Waals surface area contributed by atoms with E-state index in [1.807, 2.05) is 6.07 Å². The minimum absolute atomic E-state index is 0.686. The average molecular weight is 197 g/mol. The second-order valence-electron chi connectivity index (χ2n) is 1.63. The van der Waals surface area contributed by atoms with Gasteiger partial charge in [0.2, 0.25) is 0 Å². The molecule has 2 N–H and O–H groups in total. The summed E-state index contributed by atoms with van der Waals surface area (Å²) in [5.41, 5.74) is 5.67. The van der Waals surface area contributed by atoms with Gasteiger partial charge < -0.3 is 5.73 Å². The zero-order chi connectivity index (χ0) is 7.40. The van der Waals surface area contributed by atoms with Crippen molar-refractivity contribution in [1.82, 2.24) is 4.98 Å². The van der Waals surface area contributed by atoms with E-state index in [1.165, 1.54) is 0 Å². The summed E-state index contributed by atoms with van der Waals surface area (Å²) >= 11 is 3.25. The van der Waals surface area contributed by atoms with Gasteiger partial charge in [0, 0.05) is 16.7 Å². The SMILES string of the molecule is NC#Cc1ccc(Br)cn1. The van der Waals surface area contributed by atoms with E-state index >= 15 is 0 Å². The Balaban J connectivity index is 2.97. The quantitative estimate of drug-likeness (QED) is 0.499. The van der Waals surface area contributed by atoms with Gasteiger partial charge in [-0.25, -0.2) is 4.98 Å². The van der Waals surface area contributed by atoms with Gasteiger partial charge in [-0.2, -0.15) is 0 Å². The minimum atomic E-state index is 0.686. The van der Waals surface area contributed by atoms with Crippen LogP contribution in [-0.4, -0.2) is 4.98 Å². The molecule has 1 rings (SSSR count). The summed E-state index contributed by atoms with van der Waals surface area (Å²) in [7, 11) is 0. The summed E-state index contributed by atoms with van der Waals surface area (Å²) in [6.45, 7) is 0. The molecule has 0 spiro atoms. The van der Waals surface area contributed by atoms with Crippen LogP contribution in [0.15, 0.2) is 22.8 Å². The van der Waals surface area contributed by atoms with Gasteiger partial charge in [-0.05, 0) is 34.0 Å². The predicted octanol–water partition coefficient (Wildman–Crippen LogP) is 1.11. The molecule has 50 valence electrons. The van der Waals surface area contributed by atoms with Crippen LogP contribution in [0.25, 0.3) is 0 Å². The Labute approximate surface area is 67.6 Å². The van der Waals surface area contributed by atoms with E-state index in [4.69, 9.17) is 5.73 Å². The molecule has 0 atom stereocenters. The van der Waals surface area contributed by atoms with Crippen molar-refractivity contribution in [3.8, 4) is 12.0 Å². The highest BCUT2D eigenvalue weighted by atomic mass is 79.9. The molecule has 1 aromatic rings. The summed E-state index contributed by atoms with van der Waals surface area (Å²) in [5, 5.41) is 0. The van der Waals surface area contributed by atoms with Gasteiger partial charge in [0.25, 0.3) is 0 Å². The molecule has 3 heteroatoms. The molecule has 10 heavy (non-hydrogen) atoms. The van der Waals surface area contributed by atoms with Crippen molar-refractivity contribution in [3.63, 3.8) is 0 Å². The van der Waals surface area contributed by atoms with E-state index in [9.17, 15) is 0 Å². The second-order valence-corrected chi connectivity index (χ2v) is 2.55. The van der Waals surface area contributed by atoms with Gasteiger partial charge >= 0.3 is 0 Å². The lowest BCUT2D eigenvalue weighted by atomic mass is 10.4. The van der Waals surface area contributed by atoms with Crippen molar-refractivity contribution in [1.29, 1.82) is 0 Å². The third kappa shape index (κ3) is 1.74. The standard InChI is InChI=1S/C7H5BrN2/c8-6-1-2-7(3-4-9)10-5-6/h1-2,5H,9H2. The van der Waals surface area contributed by atoms with E-state index in [1.54, 1.807) is 12.3 Å². The summed E-state index contributed by atoms with van der Waals surface area (Å²) < 4.78 is 0.940. The third-order valence-electron chi connectivity index (χ3n) is 0.928. The van der Waals surface area contributed by atoms with E-state index in [-0.39, 0.29) is 0 Å². The molecule has 0 fully saturated rings. The topological polar surface area (TPSA) is 38.9 Å². The molecule has 0 unspecified atom stereocenters. The third-order valence-corrected chi connectivity index (χ3v) is 1.40. The highest BCUT2D eigenvalue weighted by Crippen LogP contribution is 2.06. The van der Waals surface area contributed by atoms with Crippen molar-refractivity contribution in [2.24, 2.45) is 5.73 Å². The predicted molar refractivity (Wildman–Crippen MR) is 43.0 cm³/mol. The first-order valence-electron chi connectivity index (χ1n) is 2.66. The first-order valence-corrected chi connectivity index (χ1v) is 3.45. The van der Waals surface area contributed by atoms with Crippen LogP contribution in [0.1, 0.15) is 5.69 Å². The molecule has 0 aromatic carbocycles. The van der Waals surface area contributed by atoms with Gasteiger partial charge in [-0.1, -0.05) is 0 Å². The number of aromatic nitrogens is 1. The van der Waals surface area contributed by atoms with Crippen molar-refractivity contribution >= 4 is 15.9 Å². The van der Waals surface area contributed by atoms with Crippen LogP contribution >= 0.6 is 15.9 Å². The van der Waals surface area contributed by atoms with Gasteiger partial charge in [-0.3, -0.25) is 0 Å². The van der Waals surface area contributed by atoms with Gasteiger partial charge in [0.1, 0.15) is 5.69 Å². The maximum absolute atomic E-state index is 4.99. The Bertz CT molecular complexity index is 268. The first kappa shape index (κ1) is 7.10. The molecular weight excluding hydrogens is 192 g/mol. The molecule has 0 aliphatic heterocycles. The van der Waals surface area contributed by atoms with Crippen LogP contribution in [0.2, 0.25) is 0 Å². The normalized spacial score (nSPS) is 8.10. The largest absolute Gasteiger partial charge is 0.359 e. The molecule has 0 aliphatic carbocycles. The molecule has 0 saturated carbocycles. The zero-order valence-electron chi connectivity index (χ0n) is 5.13. The number of halogens is 1. The van der Waals surface area contributed by atoms with Crippen LogP contribution in [0.5, 0.6) is 0 Å². The smallest absolute Gasteiger partial charge is 0.115 e. The van der Waals surface area contributed by atoms with E-state index in [2.05, 4.69) is 32.9 Å². The molecule has 1 heterocycles. The van der Waals surface area contributed by atoms with Crippen LogP contribution in [0.4, 0.5) is 0 Å². The number of nitrogens with two attached hydrogens (primary N) is 1. The fraction of sp³-hybridized carbons (Fsp3) is 0. The summed E-state index contributed by atoms with van der Waals surface area (Å²) in [6.07, 6.45) is 1.68. The van der Waals surface area contributed by atoms with Crippen LogP contribution in [0, 0.1) is 12.0 Å². The first-order chi connectivity index (χ1) is 4.83. The van der Waals surface area contributed by atoms with Crippen molar-refractivity contribution in [3.05, 3.63) is 28.5 Å². The van der Waals surface area contributed by atoms with Gasteiger partial charge in [0.15, 0.2) is 0 Å². The zero-order valence-corrected chi connectivity index (χ0v) is 6.72. The molecule has 0 saturated heterocycles. The minimum Gasteiger partial charge on any atom is -0.359 e. The summed E-state index contributed by atoms with van der Waals surface area (Å²) in [4.78, 5) is 3.97. The maximum Gasteiger partial charge on any atom is 0.115 e. The Hall–Kier alpha value is -1.01. The molecule has 0 amide bonds. The van der Waals surface area contributed by atoms with Crippen molar-refractivity contribution in [2.45, 2.75) is 0 Å². The number of nitrogens with zero attached hydrogens (tertiary/aromatic N) is 1. The van der Waals surface area contributed by atoms with E-state index in [0.717, 1.165) is 4.47 Å². The lowest BCUT2D eigenvalue weighted by Crippen LogP contribution is -1.83. The van der Waals surface area contributed by atoms with Gasteiger partial charge in [0.05, 0.1) is 0 Å². The summed E-state index contributed by atoms with van der Waals surface area (Å²) in [5.74, 6) is 2.63. The van der Waals surface area contributed by atoms with Crippen LogP contribution < -0.4 is 5.73 Å². The van der Waals surface area contributed by atoms with Crippen LogP contribution in [-0.2, 0) is 0 Å². The molecule has 0 radical (unpaired) electrons. The average Bonchev–Trinajstić information content (AvgIpc) is 1.95. The van der Waals surface area contributed by atoms with E-state index < -0.39 is 0 Å². The maximum atomic E-state index is 4.99. The van der Waals surface area contributed by atoms with Crippen molar-refractivity contribution in [2.75, 3.05) is 0 Å². The number of pyridine rings is 1. The molecule has 2 nitrogen and oxygen atoms in total. The molecule has 1 aromatic heterocycles. The van der Waals surface area contributed by atoms with E-state index in [0.29, 0.717) is 5.69 Å². The van der Waals surface area contributed by atoms with Gasteiger partial charge in [-0.15, -0.1) is 0 Å². The highest BCUT2D eigenvalue weighted by molar-refractivity contribution is 9.10. The lowest BCUT2D eigenvalue weighted by Gasteiger charge is -1.87. The number of hydrogen-bond acceptors (Lipinski definition) is 2. The molecule has 0 bridgehead atoms. The molecular formula is C7H5BrN2. The Morgan fingerprint density at radius 2 is 2.30 bits per heavy atom.